The normalized spacial score (nSPS) is 14.9. The van der Waals surface area contributed by atoms with E-state index in [4.69, 9.17) is 0 Å². The fourth-order valence-electron chi connectivity index (χ4n) is 2.87. The minimum atomic E-state index is 0.769. The Morgan fingerprint density at radius 3 is 2.85 bits per heavy atom. The second kappa shape index (κ2) is 5.45. The van der Waals surface area contributed by atoms with Crippen molar-refractivity contribution in [2.45, 2.75) is 52.2 Å². The molecule has 1 fully saturated rings. The maximum atomic E-state index is 3.83. The van der Waals surface area contributed by atoms with Crippen LogP contribution in [0.4, 0.5) is 0 Å². The van der Waals surface area contributed by atoms with E-state index >= 15 is 0 Å². The number of aromatic nitrogens is 1. The Morgan fingerprint density at radius 1 is 1.35 bits per heavy atom. The zero-order chi connectivity index (χ0) is 14.1. The third-order valence-electron chi connectivity index (χ3n) is 4.43. The number of allylic oxidation sites excluding steroid dienone is 1. The minimum absolute atomic E-state index is 0.769. The van der Waals surface area contributed by atoms with Crippen LogP contribution >= 0.6 is 0 Å². The van der Waals surface area contributed by atoms with E-state index in [-0.39, 0.29) is 0 Å². The number of fused-ring (bicyclic) bond motifs is 1. The summed E-state index contributed by atoms with van der Waals surface area (Å²) in [5, 5.41) is 5.00. The van der Waals surface area contributed by atoms with Gasteiger partial charge in [-0.25, -0.2) is 0 Å². The summed E-state index contributed by atoms with van der Waals surface area (Å²) < 4.78 is 2.42. The molecule has 0 radical (unpaired) electrons. The molecule has 0 aliphatic heterocycles. The summed E-state index contributed by atoms with van der Waals surface area (Å²) in [5.74, 6) is 0. The van der Waals surface area contributed by atoms with Crippen molar-refractivity contribution in [1.29, 1.82) is 0 Å². The van der Waals surface area contributed by atoms with Gasteiger partial charge in [-0.2, -0.15) is 0 Å². The molecule has 106 valence electrons. The molecule has 1 aromatic heterocycles. The van der Waals surface area contributed by atoms with Crippen molar-refractivity contribution in [1.82, 2.24) is 9.88 Å². The highest BCUT2D eigenvalue weighted by Gasteiger charge is 2.20. The van der Waals surface area contributed by atoms with Gasteiger partial charge in [0.1, 0.15) is 0 Å². The van der Waals surface area contributed by atoms with Crippen molar-refractivity contribution in [2.75, 3.05) is 0 Å². The molecule has 2 heteroatoms. The Kier molecular flexibility index (Phi) is 3.66. The number of hydrogen-bond acceptors (Lipinski definition) is 1. The molecule has 1 aromatic carbocycles. The van der Waals surface area contributed by atoms with Gasteiger partial charge in [-0.15, -0.1) is 6.58 Å². The first-order valence-electron chi connectivity index (χ1n) is 7.63. The molecule has 0 saturated heterocycles. The van der Waals surface area contributed by atoms with Gasteiger partial charge in [-0.1, -0.05) is 12.1 Å². The van der Waals surface area contributed by atoms with E-state index in [9.17, 15) is 0 Å². The van der Waals surface area contributed by atoms with Gasteiger partial charge in [0.2, 0.25) is 0 Å². The maximum absolute atomic E-state index is 3.83. The lowest BCUT2D eigenvalue weighted by Gasteiger charge is -2.07. The molecule has 1 saturated carbocycles. The van der Waals surface area contributed by atoms with Crippen LogP contribution < -0.4 is 5.32 Å². The fourth-order valence-corrected chi connectivity index (χ4v) is 2.87. The summed E-state index contributed by atoms with van der Waals surface area (Å²) >= 11 is 0. The number of nitrogens with one attached hydrogen (secondary N) is 1. The van der Waals surface area contributed by atoms with Gasteiger partial charge in [0.25, 0.3) is 0 Å². The molecule has 1 N–H and O–H groups in total. The highest BCUT2D eigenvalue weighted by Crippen LogP contribution is 2.27. The van der Waals surface area contributed by atoms with Crippen molar-refractivity contribution >= 4 is 10.9 Å². The van der Waals surface area contributed by atoms with Crippen LogP contribution in [-0.2, 0) is 13.1 Å². The van der Waals surface area contributed by atoms with Crippen LogP contribution in [0.2, 0.25) is 0 Å². The SMILES string of the molecule is C=CCCn1c(C)c(C)c2cc(CNC3CC3)ccc21. The Bertz CT molecular complexity index is 632. The summed E-state index contributed by atoms with van der Waals surface area (Å²) in [7, 11) is 0. The largest absolute Gasteiger partial charge is 0.344 e. The van der Waals surface area contributed by atoms with E-state index in [1.165, 1.54) is 40.6 Å². The molecule has 0 atom stereocenters. The quantitative estimate of drug-likeness (QED) is 0.781. The Labute approximate surface area is 121 Å². The van der Waals surface area contributed by atoms with E-state index in [0.717, 1.165) is 25.6 Å². The third kappa shape index (κ3) is 2.53. The van der Waals surface area contributed by atoms with E-state index in [1.54, 1.807) is 0 Å². The molecule has 20 heavy (non-hydrogen) atoms. The van der Waals surface area contributed by atoms with E-state index in [1.807, 2.05) is 6.08 Å². The molecule has 2 aromatic rings. The van der Waals surface area contributed by atoms with Crippen molar-refractivity contribution in [3.63, 3.8) is 0 Å². The third-order valence-corrected chi connectivity index (χ3v) is 4.43. The van der Waals surface area contributed by atoms with Gasteiger partial charge in [-0.3, -0.25) is 0 Å². The van der Waals surface area contributed by atoms with E-state index in [0.29, 0.717) is 0 Å². The monoisotopic (exact) mass is 268 g/mol. The molecule has 1 aliphatic rings. The number of hydrogen-bond donors (Lipinski definition) is 1. The van der Waals surface area contributed by atoms with Gasteiger partial charge >= 0.3 is 0 Å². The van der Waals surface area contributed by atoms with Crippen LogP contribution in [0.25, 0.3) is 10.9 Å². The zero-order valence-electron chi connectivity index (χ0n) is 12.6. The average Bonchev–Trinajstić information content (AvgIpc) is 3.25. The summed E-state index contributed by atoms with van der Waals surface area (Å²) in [4.78, 5) is 0. The number of aryl methyl sites for hydroxylation is 2. The molecule has 1 heterocycles. The molecule has 0 bridgehead atoms. The summed E-state index contributed by atoms with van der Waals surface area (Å²) in [6, 6.07) is 7.67. The second-order valence-corrected chi connectivity index (χ2v) is 5.95. The summed E-state index contributed by atoms with van der Waals surface area (Å²) in [5.41, 5.74) is 5.55. The average molecular weight is 268 g/mol. The lowest BCUT2D eigenvalue weighted by molar-refractivity contribution is 0.688. The minimum Gasteiger partial charge on any atom is -0.344 e. The first kappa shape index (κ1) is 13.4. The highest BCUT2D eigenvalue weighted by atomic mass is 15.0. The Balaban J connectivity index is 1.92. The molecular weight excluding hydrogens is 244 g/mol. The zero-order valence-corrected chi connectivity index (χ0v) is 12.6. The molecule has 1 aliphatic carbocycles. The highest BCUT2D eigenvalue weighted by molar-refractivity contribution is 5.86. The van der Waals surface area contributed by atoms with Crippen LogP contribution in [0.15, 0.2) is 30.9 Å². The van der Waals surface area contributed by atoms with Crippen LogP contribution in [0.3, 0.4) is 0 Å². The van der Waals surface area contributed by atoms with Gasteiger partial charge in [0, 0.05) is 35.7 Å². The van der Waals surface area contributed by atoms with Gasteiger partial charge in [0.15, 0.2) is 0 Å². The predicted octanol–water partition coefficient (Wildman–Crippen LogP) is 4.09. The Hall–Kier alpha value is -1.54. The van der Waals surface area contributed by atoms with Crippen LogP contribution in [-0.4, -0.2) is 10.6 Å². The number of benzene rings is 1. The smallest absolute Gasteiger partial charge is 0.0485 e. The molecule has 2 nitrogen and oxygen atoms in total. The number of nitrogens with zero attached hydrogens (tertiary/aromatic N) is 1. The maximum Gasteiger partial charge on any atom is 0.0485 e. The van der Waals surface area contributed by atoms with Crippen LogP contribution in [0.1, 0.15) is 36.1 Å². The van der Waals surface area contributed by atoms with Gasteiger partial charge in [0.05, 0.1) is 0 Å². The van der Waals surface area contributed by atoms with Gasteiger partial charge < -0.3 is 9.88 Å². The fraction of sp³-hybridized carbons (Fsp3) is 0.444. The van der Waals surface area contributed by atoms with Crippen molar-refractivity contribution in [3.8, 4) is 0 Å². The lowest BCUT2D eigenvalue weighted by atomic mass is 10.1. The first-order valence-corrected chi connectivity index (χ1v) is 7.63. The topological polar surface area (TPSA) is 17.0 Å². The lowest BCUT2D eigenvalue weighted by Crippen LogP contribution is -2.15. The van der Waals surface area contributed by atoms with Crippen LogP contribution in [0.5, 0.6) is 0 Å². The van der Waals surface area contributed by atoms with E-state index < -0.39 is 0 Å². The second-order valence-electron chi connectivity index (χ2n) is 5.95. The number of rotatable bonds is 6. The molecule has 0 unspecified atom stereocenters. The molecule has 3 rings (SSSR count). The summed E-state index contributed by atoms with van der Waals surface area (Å²) in [6.07, 6.45) is 5.71. The molecular formula is C18H24N2. The predicted molar refractivity (Wildman–Crippen MR) is 86.1 cm³/mol. The van der Waals surface area contributed by atoms with E-state index in [2.05, 4.69) is 48.5 Å². The van der Waals surface area contributed by atoms with Crippen molar-refractivity contribution in [3.05, 3.63) is 47.7 Å². The summed E-state index contributed by atoms with van der Waals surface area (Å²) in [6.45, 7) is 10.3. The first-order chi connectivity index (χ1) is 9.70. The molecule has 0 amide bonds. The standard InChI is InChI=1S/C18H24N2/c1-4-5-10-20-14(3)13(2)17-11-15(6-9-18(17)20)12-19-16-7-8-16/h4,6,9,11,16,19H,1,5,7-8,10,12H2,2-3H3. The van der Waals surface area contributed by atoms with Crippen molar-refractivity contribution < 1.29 is 0 Å². The van der Waals surface area contributed by atoms with Crippen molar-refractivity contribution in [2.24, 2.45) is 0 Å². The van der Waals surface area contributed by atoms with Crippen LogP contribution in [0, 0.1) is 13.8 Å². The molecule has 0 spiro atoms. The Morgan fingerprint density at radius 2 is 2.15 bits per heavy atom. The van der Waals surface area contributed by atoms with Gasteiger partial charge in [-0.05, 0) is 56.4 Å².